The maximum atomic E-state index is 11.9. The van der Waals surface area contributed by atoms with Gasteiger partial charge in [-0.2, -0.15) is 25.5 Å². The van der Waals surface area contributed by atoms with Crippen molar-refractivity contribution in [3.8, 4) is 0 Å². The van der Waals surface area contributed by atoms with E-state index >= 15 is 0 Å². The third-order valence-electron chi connectivity index (χ3n) is 16.1. The van der Waals surface area contributed by atoms with E-state index in [9.17, 15) is 33.6 Å². The molecule has 12 heterocycles. The van der Waals surface area contributed by atoms with Gasteiger partial charge in [0.15, 0.2) is 5.78 Å². The van der Waals surface area contributed by atoms with Crippen molar-refractivity contribution in [2.24, 2.45) is 28.2 Å². The highest BCUT2D eigenvalue weighted by molar-refractivity contribution is 5.97. The molecule has 2 saturated heterocycles. The minimum absolute atomic E-state index is 0.100. The average molecular weight is 1430 g/mol. The largest absolute Gasteiger partial charge is 0.444 e. The minimum atomic E-state index is -0.510. The summed E-state index contributed by atoms with van der Waals surface area (Å²) in [6, 6.07) is 0. The number of nitrogens with one attached hydrogen (secondary N) is 3. The molecule has 7 aliphatic heterocycles. The number of nitrogens with zero attached hydrogens (tertiary/aromatic N) is 15. The number of hydrogen-bond acceptors (Lipinski definition) is 20. The second-order valence-electron chi connectivity index (χ2n) is 31.4. The van der Waals surface area contributed by atoms with Crippen molar-refractivity contribution in [3.63, 3.8) is 0 Å². The zero-order valence-electron chi connectivity index (χ0n) is 64.6. The van der Waals surface area contributed by atoms with Crippen LogP contribution in [0.3, 0.4) is 0 Å². The van der Waals surface area contributed by atoms with E-state index < -0.39 is 28.0 Å². The molecule has 0 bridgehead atoms. The Labute approximate surface area is 602 Å². The van der Waals surface area contributed by atoms with Gasteiger partial charge in [-0.3, -0.25) is 33.4 Å². The van der Waals surface area contributed by atoms with Crippen LogP contribution in [0.15, 0.2) is 42.8 Å². The van der Waals surface area contributed by atoms with Gasteiger partial charge in [-0.25, -0.2) is 24.0 Å². The Hall–Kier alpha value is -8.80. The highest BCUT2D eigenvalue weighted by Gasteiger charge is 2.33. The van der Waals surface area contributed by atoms with Gasteiger partial charge >= 0.3 is 30.5 Å². The van der Waals surface area contributed by atoms with Crippen molar-refractivity contribution < 1.29 is 57.2 Å². The monoisotopic (exact) mass is 1420 g/mol. The third kappa shape index (κ3) is 27.5. The molecule has 0 radical (unpaired) electrons. The van der Waals surface area contributed by atoms with E-state index in [-0.39, 0.29) is 42.0 Å². The van der Waals surface area contributed by atoms with E-state index in [0.29, 0.717) is 90.3 Å². The van der Waals surface area contributed by atoms with Crippen LogP contribution in [-0.2, 0) is 126 Å². The van der Waals surface area contributed by atoms with Crippen LogP contribution in [-0.4, -0.2) is 222 Å². The first kappa shape index (κ1) is 82.2. The lowest BCUT2D eigenvalue weighted by Gasteiger charge is -2.30. The van der Waals surface area contributed by atoms with Crippen LogP contribution in [0.1, 0.15) is 179 Å². The van der Waals surface area contributed by atoms with Crippen LogP contribution in [0.4, 0.5) is 24.0 Å². The molecule has 3 N–H and O–H groups in total. The topological polar surface area (TPSA) is 309 Å². The maximum absolute atomic E-state index is 11.9. The number of aryl methyl sites for hydroxylation is 4. The van der Waals surface area contributed by atoms with Crippen LogP contribution in [0.25, 0.3) is 0 Å². The predicted molar refractivity (Wildman–Crippen MR) is 385 cm³/mol. The summed E-state index contributed by atoms with van der Waals surface area (Å²) in [5.41, 5.74) is 10.5. The van der Waals surface area contributed by atoms with Crippen molar-refractivity contribution in [1.29, 1.82) is 0 Å². The standard InChI is InChI=1S/C13H22N2O3.2C12H19N3O2.C11H17N3O2.C10H17NO3.2C7H11N3/c1-13(2,3)18-12(17)15-7-6-11(16)10(9-15)8-14(4)5;1-12(2,3)17-11(16)15-6-5-10-9(8-15)7-14(4)13-10;1-12(2,3)17-11(16)15-6-5-10-9(8-15)7-13-14(10)4;1-11(2,3)16-10(15)14-5-4-9-8(7-14)6-12-13-9;1-10(2,3)14-9(13)11-6-4-8(12)5-7-11;1-10-5-6-4-8-3-2-7(6)9-10;1-10-7-2-3-8-4-6(7)5-9-10/h8H,6-7,9H2,1-5H3;2*7H,5-6,8H2,1-4H3;6H,4-5,7H2,1-3H3,(H,12,13);4-7H2,1-3H3;2*5,8H,2-4H2,1H3/b10-8+;;;;;;. The fourth-order valence-corrected chi connectivity index (χ4v) is 11.3. The Kier molecular flexibility index (Phi) is 28.9. The lowest BCUT2D eigenvalue weighted by molar-refractivity contribution is -0.121. The molecular weight excluding hydrogens is 1310 g/mol. The Bertz CT molecular complexity index is 3590. The number of aromatic nitrogens is 10. The minimum Gasteiger partial charge on any atom is -0.444 e. The highest BCUT2D eigenvalue weighted by Crippen LogP contribution is 2.24. The Morgan fingerprint density at radius 1 is 0.441 bits per heavy atom. The van der Waals surface area contributed by atoms with Crippen LogP contribution in [0, 0.1) is 0 Å². The summed E-state index contributed by atoms with van der Waals surface area (Å²) < 4.78 is 34.1. The fraction of sp³-hybridized carbons (Fsp3) is 0.667. The summed E-state index contributed by atoms with van der Waals surface area (Å²) in [4.78, 5) is 91.8. The van der Waals surface area contributed by atoms with Gasteiger partial charge in [-0.05, 0) is 104 Å². The molecule has 12 rings (SSSR count). The molecule has 5 aromatic rings. The third-order valence-corrected chi connectivity index (χ3v) is 16.1. The van der Waals surface area contributed by atoms with Gasteiger partial charge in [0.25, 0.3) is 0 Å². The first-order chi connectivity index (χ1) is 47.5. The second kappa shape index (κ2) is 35.9. The molecule has 0 spiro atoms. The molecule has 5 aromatic heterocycles. The number of carbonyl (C=O) groups is 7. The molecule has 0 atom stereocenters. The summed E-state index contributed by atoms with van der Waals surface area (Å²) in [6.07, 6.45) is 15.9. The smallest absolute Gasteiger partial charge is 0.410 e. The number of Topliss-reactive ketones (excluding diaryl/α,β-unsaturated/α-hetero) is 2. The summed E-state index contributed by atoms with van der Waals surface area (Å²) in [7, 11) is 11.5. The number of ketones is 2. The maximum Gasteiger partial charge on any atom is 0.410 e. The predicted octanol–water partition coefficient (Wildman–Crippen LogP) is 8.49. The zero-order valence-corrected chi connectivity index (χ0v) is 64.6. The quantitative estimate of drug-likeness (QED) is 0.105. The molecule has 30 heteroatoms. The number of amides is 5. The van der Waals surface area contributed by atoms with Crippen LogP contribution < -0.4 is 10.6 Å². The number of hydrogen-bond donors (Lipinski definition) is 3. The molecule has 2 fully saturated rings. The van der Waals surface area contributed by atoms with E-state index in [1.807, 2.05) is 184 Å². The zero-order chi connectivity index (χ0) is 75.7. The van der Waals surface area contributed by atoms with Gasteiger partial charge in [0.1, 0.15) is 33.8 Å². The second-order valence-corrected chi connectivity index (χ2v) is 31.4. The Balaban J connectivity index is 0.000000189. The van der Waals surface area contributed by atoms with Crippen LogP contribution in [0.2, 0.25) is 0 Å². The molecule has 5 amide bonds. The molecule has 0 aliphatic carbocycles. The van der Waals surface area contributed by atoms with Gasteiger partial charge in [0.05, 0.1) is 56.2 Å². The van der Waals surface area contributed by atoms with Crippen molar-refractivity contribution in [2.45, 2.75) is 216 Å². The number of H-pyrrole nitrogens is 1. The number of likely N-dealkylation sites (tertiary alicyclic amines) is 2. The van der Waals surface area contributed by atoms with E-state index in [0.717, 1.165) is 86.4 Å². The molecule has 0 aromatic carbocycles. The first-order valence-electron chi connectivity index (χ1n) is 35.2. The van der Waals surface area contributed by atoms with Crippen LogP contribution in [0.5, 0.6) is 0 Å². The lowest BCUT2D eigenvalue weighted by Crippen LogP contribution is -2.43. The normalized spacial score (nSPS) is 16.9. The van der Waals surface area contributed by atoms with Gasteiger partial charge < -0.3 is 63.7 Å². The lowest BCUT2D eigenvalue weighted by atomic mass is 10.0. The van der Waals surface area contributed by atoms with Crippen molar-refractivity contribution >= 4 is 42.0 Å². The van der Waals surface area contributed by atoms with Gasteiger partial charge in [0, 0.05) is 228 Å². The average Bonchev–Trinajstić information content (AvgIpc) is 1.65. The van der Waals surface area contributed by atoms with E-state index in [2.05, 4.69) is 47.4 Å². The van der Waals surface area contributed by atoms with Gasteiger partial charge in [-0.15, -0.1) is 0 Å². The van der Waals surface area contributed by atoms with Crippen LogP contribution >= 0.6 is 0 Å². The summed E-state index contributed by atoms with van der Waals surface area (Å²) in [5.74, 6) is 0.327. The summed E-state index contributed by atoms with van der Waals surface area (Å²) in [5, 5.41) is 30.6. The van der Waals surface area contributed by atoms with E-state index in [1.165, 1.54) is 28.2 Å². The summed E-state index contributed by atoms with van der Waals surface area (Å²) >= 11 is 0. The van der Waals surface area contributed by atoms with Gasteiger partial charge in [0.2, 0.25) is 0 Å². The molecular formula is C72H116N18O12. The molecule has 30 nitrogen and oxygen atoms in total. The van der Waals surface area contributed by atoms with Crippen molar-refractivity contribution in [2.75, 3.05) is 73.0 Å². The molecule has 0 saturated carbocycles. The number of piperidine rings is 2. The van der Waals surface area contributed by atoms with E-state index in [1.54, 1.807) is 41.6 Å². The molecule has 102 heavy (non-hydrogen) atoms. The number of rotatable bonds is 1. The number of carbonyl (C=O) groups excluding carboxylic acids is 7. The van der Waals surface area contributed by atoms with Crippen molar-refractivity contribution in [1.82, 2.24) is 89.4 Å². The molecule has 7 aliphatic rings. The molecule has 0 unspecified atom stereocenters. The number of ether oxygens (including phenoxy) is 5. The fourth-order valence-electron chi connectivity index (χ4n) is 11.3. The van der Waals surface area contributed by atoms with E-state index in [4.69, 9.17) is 23.7 Å². The SMILES string of the molecule is CC(C)(C)OC(=O)N1CCC(=O)CC1.CC(C)(C)OC(=O)N1CCc2[nH]ncc2C1.CN(C)/C=C1\CN(C(=O)OC(C)(C)C)CCC1=O.Cn1cc2c(n1)CCN(C(=O)OC(C)(C)C)C2.Cn1cc2c(n1)CCNC2.Cn1ncc2c1CCN(C(=O)OC(C)(C)C)C2.Cn1ncc2c1CCNC2. The Morgan fingerprint density at radius 3 is 1.32 bits per heavy atom. The Morgan fingerprint density at radius 2 is 0.833 bits per heavy atom. The van der Waals surface area contributed by atoms with Gasteiger partial charge in [-0.1, -0.05) is 0 Å². The summed E-state index contributed by atoms with van der Waals surface area (Å²) in [6.45, 7) is 37.6. The number of aromatic amines is 1. The molecule has 566 valence electrons. The highest BCUT2D eigenvalue weighted by atomic mass is 16.6. The first-order valence-corrected chi connectivity index (χ1v) is 35.2. The van der Waals surface area contributed by atoms with Crippen molar-refractivity contribution in [3.05, 3.63) is 99.0 Å². The number of fused-ring (bicyclic) bond motifs is 5.